The van der Waals surface area contributed by atoms with Crippen molar-refractivity contribution < 1.29 is 9.47 Å². The third-order valence-corrected chi connectivity index (χ3v) is 3.42. The van der Waals surface area contributed by atoms with E-state index >= 15 is 0 Å². The standard InChI is InChI=1S/C14H19ClO2/c1-4-16-13-6-5-12(15)8-11(13)7-9(2)14-10(3)17-14/h5-6,8-10,14H,4,7H2,1-3H3. The average Bonchev–Trinajstić information content (AvgIpc) is 3.00. The Bertz CT molecular complexity index is 392. The van der Waals surface area contributed by atoms with Gasteiger partial charge in [0.25, 0.3) is 0 Å². The second kappa shape index (κ2) is 5.28. The van der Waals surface area contributed by atoms with Crippen LogP contribution >= 0.6 is 11.6 Å². The van der Waals surface area contributed by atoms with Crippen LogP contribution in [0.1, 0.15) is 26.3 Å². The van der Waals surface area contributed by atoms with Gasteiger partial charge in [0.1, 0.15) is 5.75 Å². The van der Waals surface area contributed by atoms with E-state index in [9.17, 15) is 0 Å². The maximum atomic E-state index is 6.04. The van der Waals surface area contributed by atoms with Gasteiger partial charge in [-0.15, -0.1) is 0 Å². The van der Waals surface area contributed by atoms with Crippen LogP contribution in [0.3, 0.4) is 0 Å². The number of rotatable bonds is 5. The lowest BCUT2D eigenvalue weighted by atomic mass is 9.96. The minimum Gasteiger partial charge on any atom is -0.494 e. The lowest BCUT2D eigenvalue weighted by Crippen LogP contribution is -2.10. The largest absolute Gasteiger partial charge is 0.494 e. The van der Waals surface area contributed by atoms with E-state index in [2.05, 4.69) is 13.8 Å². The fourth-order valence-electron chi connectivity index (χ4n) is 2.27. The van der Waals surface area contributed by atoms with Gasteiger partial charge in [-0.25, -0.2) is 0 Å². The molecule has 1 aliphatic heterocycles. The minimum absolute atomic E-state index is 0.392. The Morgan fingerprint density at radius 3 is 2.76 bits per heavy atom. The van der Waals surface area contributed by atoms with Crippen LogP contribution in [0, 0.1) is 5.92 Å². The van der Waals surface area contributed by atoms with Gasteiger partial charge in [0.2, 0.25) is 0 Å². The molecule has 2 rings (SSSR count). The predicted octanol–water partition coefficient (Wildman–Crippen LogP) is 3.70. The summed E-state index contributed by atoms with van der Waals surface area (Å²) in [4.78, 5) is 0. The number of halogens is 1. The highest BCUT2D eigenvalue weighted by atomic mass is 35.5. The first-order valence-corrected chi connectivity index (χ1v) is 6.56. The zero-order valence-corrected chi connectivity index (χ0v) is 11.3. The van der Waals surface area contributed by atoms with Crippen LogP contribution in [0.5, 0.6) is 5.75 Å². The number of benzene rings is 1. The summed E-state index contributed by atoms with van der Waals surface area (Å²) in [5.41, 5.74) is 1.18. The van der Waals surface area contributed by atoms with Crippen LogP contribution in [0.2, 0.25) is 5.02 Å². The van der Waals surface area contributed by atoms with Crippen LogP contribution in [0.15, 0.2) is 18.2 Å². The molecule has 1 aromatic carbocycles. The van der Waals surface area contributed by atoms with Crippen molar-refractivity contribution in [2.24, 2.45) is 5.92 Å². The van der Waals surface area contributed by atoms with Gasteiger partial charge in [-0.3, -0.25) is 0 Å². The molecule has 3 heteroatoms. The lowest BCUT2D eigenvalue weighted by Gasteiger charge is -2.13. The summed E-state index contributed by atoms with van der Waals surface area (Å²) in [6.07, 6.45) is 1.74. The number of epoxide rings is 1. The highest BCUT2D eigenvalue weighted by molar-refractivity contribution is 6.30. The van der Waals surface area contributed by atoms with Gasteiger partial charge in [-0.2, -0.15) is 0 Å². The Labute approximate surface area is 108 Å². The molecule has 94 valence electrons. The second-order valence-electron chi connectivity index (χ2n) is 4.67. The first-order chi connectivity index (χ1) is 8.11. The molecule has 0 aliphatic carbocycles. The van der Waals surface area contributed by atoms with E-state index in [0.29, 0.717) is 24.7 Å². The molecule has 1 aromatic rings. The van der Waals surface area contributed by atoms with Crippen molar-refractivity contribution in [2.45, 2.75) is 39.4 Å². The molecule has 0 aromatic heterocycles. The van der Waals surface area contributed by atoms with Gasteiger partial charge in [0.05, 0.1) is 18.8 Å². The lowest BCUT2D eigenvalue weighted by molar-refractivity contribution is 0.317. The minimum atomic E-state index is 0.392. The molecule has 0 saturated carbocycles. The summed E-state index contributed by atoms with van der Waals surface area (Å²) in [6, 6.07) is 5.82. The van der Waals surface area contributed by atoms with E-state index in [0.717, 1.165) is 17.2 Å². The quantitative estimate of drug-likeness (QED) is 0.748. The Hall–Kier alpha value is -0.730. The Balaban J connectivity index is 2.09. The predicted molar refractivity (Wildman–Crippen MR) is 69.8 cm³/mol. The van der Waals surface area contributed by atoms with Crippen LogP contribution < -0.4 is 4.74 Å². The molecule has 3 atom stereocenters. The smallest absolute Gasteiger partial charge is 0.122 e. The molecule has 0 spiro atoms. The van der Waals surface area contributed by atoms with Crippen LogP contribution in [0.4, 0.5) is 0 Å². The molecule has 3 unspecified atom stereocenters. The Morgan fingerprint density at radius 1 is 1.47 bits per heavy atom. The maximum Gasteiger partial charge on any atom is 0.122 e. The monoisotopic (exact) mass is 254 g/mol. The summed E-state index contributed by atoms with van der Waals surface area (Å²) in [7, 11) is 0. The van der Waals surface area contributed by atoms with Crippen molar-refractivity contribution in [2.75, 3.05) is 6.61 Å². The molecule has 1 fully saturated rings. The zero-order chi connectivity index (χ0) is 12.4. The first kappa shape index (κ1) is 12.7. The highest BCUT2D eigenvalue weighted by Gasteiger charge is 2.38. The molecular weight excluding hydrogens is 236 g/mol. The molecule has 1 aliphatic rings. The van der Waals surface area contributed by atoms with Gasteiger partial charge in [-0.05, 0) is 49.9 Å². The fourth-order valence-corrected chi connectivity index (χ4v) is 2.46. The summed E-state index contributed by atoms with van der Waals surface area (Å²) in [5, 5.41) is 0.764. The summed E-state index contributed by atoms with van der Waals surface area (Å²) in [6.45, 7) is 7.00. The van der Waals surface area contributed by atoms with Gasteiger partial charge in [0.15, 0.2) is 0 Å². The Kier molecular flexibility index (Phi) is 3.95. The van der Waals surface area contributed by atoms with Gasteiger partial charge >= 0.3 is 0 Å². The Morgan fingerprint density at radius 2 is 2.18 bits per heavy atom. The average molecular weight is 255 g/mol. The molecule has 1 heterocycles. The fraction of sp³-hybridized carbons (Fsp3) is 0.571. The molecule has 2 nitrogen and oxygen atoms in total. The number of ether oxygens (including phenoxy) is 2. The van der Waals surface area contributed by atoms with Gasteiger partial charge in [-0.1, -0.05) is 18.5 Å². The van der Waals surface area contributed by atoms with Crippen LogP contribution in [0.25, 0.3) is 0 Å². The molecular formula is C14H19ClO2. The molecule has 0 N–H and O–H groups in total. The zero-order valence-electron chi connectivity index (χ0n) is 10.6. The van der Waals surface area contributed by atoms with Crippen molar-refractivity contribution in [3.05, 3.63) is 28.8 Å². The van der Waals surface area contributed by atoms with Crippen molar-refractivity contribution in [3.63, 3.8) is 0 Å². The van der Waals surface area contributed by atoms with Crippen molar-refractivity contribution in [3.8, 4) is 5.75 Å². The van der Waals surface area contributed by atoms with E-state index < -0.39 is 0 Å². The molecule has 17 heavy (non-hydrogen) atoms. The molecule has 0 bridgehead atoms. The van der Waals surface area contributed by atoms with Crippen LogP contribution in [-0.4, -0.2) is 18.8 Å². The SMILES string of the molecule is CCOc1ccc(Cl)cc1CC(C)C1OC1C. The topological polar surface area (TPSA) is 21.8 Å². The number of hydrogen-bond acceptors (Lipinski definition) is 2. The summed E-state index contributed by atoms with van der Waals surface area (Å²) < 4.78 is 11.1. The number of hydrogen-bond donors (Lipinski definition) is 0. The van der Waals surface area contributed by atoms with E-state index in [1.54, 1.807) is 0 Å². The first-order valence-electron chi connectivity index (χ1n) is 6.18. The van der Waals surface area contributed by atoms with Crippen molar-refractivity contribution >= 4 is 11.6 Å². The summed E-state index contributed by atoms with van der Waals surface area (Å²) in [5.74, 6) is 1.44. The second-order valence-corrected chi connectivity index (χ2v) is 5.11. The van der Waals surface area contributed by atoms with Gasteiger partial charge in [0, 0.05) is 5.02 Å². The van der Waals surface area contributed by atoms with Crippen molar-refractivity contribution in [1.82, 2.24) is 0 Å². The van der Waals surface area contributed by atoms with E-state index in [1.165, 1.54) is 5.56 Å². The molecule has 0 amide bonds. The molecule has 1 saturated heterocycles. The highest BCUT2D eigenvalue weighted by Crippen LogP contribution is 2.33. The third-order valence-electron chi connectivity index (χ3n) is 3.18. The van der Waals surface area contributed by atoms with E-state index in [-0.39, 0.29) is 0 Å². The summed E-state index contributed by atoms with van der Waals surface area (Å²) >= 11 is 6.04. The third kappa shape index (κ3) is 3.14. The van der Waals surface area contributed by atoms with Crippen LogP contribution in [-0.2, 0) is 11.2 Å². The van der Waals surface area contributed by atoms with Gasteiger partial charge < -0.3 is 9.47 Å². The van der Waals surface area contributed by atoms with Crippen molar-refractivity contribution in [1.29, 1.82) is 0 Å². The molecule has 0 radical (unpaired) electrons. The van der Waals surface area contributed by atoms with E-state index in [4.69, 9.17) is 21.1 Å². The van der Waals surface area contributed by atoms with E-state index in [1.807, 2.05) is 25.1 Å². The maximum absolute atomic E-state index is 6.04. The normalized spacial score (nSPS) is 24.5.